The summed E-state index contributed by atoms with van der Waals surface area (Å²) in [6.45, 7) is 5.81. The van der Waals surface area contributed by atoms with Crippen LogP contribution in [0.2, 0.25) is 0 Å². The summed E-state index contributed by atoms with van der Waals surface area (Å²) in [5.74, 6) is 0.205. The SMILES string of the molecule is CC(C)=CCn1c(N2CCCC(N)C2)nc2c1c(=O)n(C)c(=O)n2-c1ccc(F)cc1. The van der Waals surface area contributed by atoms with Crippen molar-refractivity contribution >= 4 is 17.1 Å². The number of imidazole rings is 1. The summed E-state index contributed by atoms with van der Waals surface area (Å²) >= 11 is 0. The van der Waals surface area contributed by atoms with E-state index in [1.54, 1.807) is 0 Å². The topological polar surface area (TPSA) is 91.1 Å². The zero-order valence-corrected chi connectivity index (χ0v) is 18.0. The lowest BCUT2D eigenvalue weighted by Crippen LogP contribution is -2.44. The number of benzene rings is 1. The van der Waals surface area contributed by atoms with Gasteiger partial charge in [0.1, 0.15) is 5.82 Å². The summed E-state index contributed by atoms with van der Waals surface area (Å²) in [5, 5.41) is 0. The van der Waals surface area contributed by atoms with Gasteiger partial charge in [-0.05, 0) is 51.0 Å². The van der Waals surface area contributed by atoms with Gasteiger partial charge < -0.3 is 15.2 Å². The molecule has 2 N–H and O–H groups in total. The van der Waals surface area contributed by atoms with Crippen LogP contribution >= 0.6 is 0 Å². The maximum absolute atomic E-state index is 13.5. The predicted molar refractivity (Wildman–Crippen MR) is 119 cm³/mol. The zero-order valence-electron chi connectivity index (χ0n) is 18.0. The molecule has 3 aromatic rings. The van der Waals surface area contributed by atoms with Gasteiger partial charge in [-0.2, -0.15) is 4.98 Å². The summed E-state index contributed by atoms with van der Waals surface area (Å²) in [6.07, 6.45) is 3.88. The van der Waals surface area contributed by atoms with E-state index in [1.807, 2.05) is 24.5 Å². The Morgan fingerprint density at radius 2 is 1.97 bits per heavy atom. The maximum Gasteiger partial charge on any atom is 0.337 e. The molecular formula is C22H27FN6O2. The van der Waals surface area contributed by atoms with E-state index in [9.17, 15) is 14.0 Å². The first-order valence-electron chi connectivity index (χ1n) is 10.4. The van der Waals surface area contributed by atoms with Crippen molar-refractivity contribution in [2.24, 2.45) is 12.8 Å². The molecule has 0 aliphatic carbocycles. The van der Waals surface area contributed by atoms with Gasteiger partial charge >= 0.3 is 5.69 Å². The molecule has 0 spiro atoms. The molecule has 1 aromatic carbocycles. The van der Waals surface area contributed by atoms with Crippen LogP contribution in [-0.2, 0) is 13.6 Å². The van der Waals surface area contributed by atoms with Gasteiger partial charge in [-0.15, -0.1) is 0 Å². The fraction of sp³-hybridized carbons (Fsp3) is 0.409. The third-order valence-electron chi connectivity index (χ3n) is 5.63. The summed E-state index contributed by atoms with van der Waals surface area (Å²) in [4.78, 5) is 33.1. The van der Waals surface area contributed by atoms with Crippen LogP contribution in [0.25, 0.3) is 16.9 Å². The molecule has 0 amide bonds. The first-order chi connectivity index (χ1) is 14.8. The molecule has 0 radical (unpaired) electrons. The van der Waals surface area contributed by atoms with Crippen molar-refractivity contribution in [3.8, 4) is 5.69 Å². The van der Waals surface area contributed by atoms with E-state index in [-0.39, 0.29) is 11.7 Å². The minimum atomic E-state index is -0.530. The van der Waals surface area contributed by atoms with E-state index >= 15 is 0 Å². The van der Waals surface area contributed by atoms with Crippen LogP contribution in [0.5, 0.6) is 0 Å². The third kappa shape index (κ3) is 3.81. The van der Waals surface area contributed by atoms with E-state index in [0.717, 1.165) is 29.5 Å². The quantitative estimate of drug-likeness (QED) is 0.644. The molecule has 0 bridgehead atoms. The average Bonchev–Trinajstić information content (AvgIpc) is 3.11. The highest BCUT2D eigenvalue weighted by Gasteiger charge is 2.26. The molecule has 9 heteroatoms. The van der Waals surface area contributed by atoms with Crippen molar-refractivity contribution in [2.75, 3.05) is 18.0 Å². The Bertz CT molecular complexity index is 1260. The number of allylic oxidation sites excluding steroid dienone is 2. The van der Waals surface area contributed by atoms with Crippen LogP contribution in [0.15, 0.2) is 45.5 Å². The largest absolute Gasteiger partial charge is 0.341 e. The second kappa shape index (κ2) is 8.14. The van der Waals surface area contributed by atoms with Crippen molar-refractivity contribution < 1.29 is 4.39 Å². The smallest absolute Gasteiger partial charge is 0.337 e. The number of hydrogen-bond donors (Lipinski definition) is 1. The standard InChI is InChI=1S/C22H27FN6O2/c1-14(2)10-12-28-18-19(25-21(28)27-11-4-5-16(24)13-27)29(22(31)26(3)20(18)30)17-8-6-15(23)7-9-17/h6-10,16H,4-5,11-13,24H2,1-3H3. The highest BCUT2D eigenvalue weighted by Crippen LogP contribution is 2.24. The molecule has 31 heavy (non-hydrogen) atoms. The number of nitrogens with two attached hydrogens (primary N) is 1. The lowest BCUT2D eigenvalue weighted by atomic mass is 10.1. The van der Waals surface area contributed by atoms with Crippen LogP contribution in [0, 0.1) is 5.82 Å². The van der Waals surface area contributed by atoms with Crippen LogP contribution in [-0.4, -0.2) is 37.8 Å². The van der Waals surface area contributed by atoms with E-state index in [1.165, 1.54) is 35.9 Å². The molecule has 1 fully saturated rings. The van der Waals surface area contributed by atoms with Gasteiger partial charge in [0.25, 0.3) is 5.56 Å². The first kappa shape index (κ1) is 21.0. The highest BCUT2D eigenvalue weighted by molar-refractivity contribution is 5.76. The minimum Gasteiger partial charge on any atom is -0.341 e. The third-order valence-corrected chi connectivity index (χ3v) is 5.63. The predicted octanol–water partition coefficient (Wildman–Crippen LogP) is 1.92. The Morgan fingerprint density at radius 3 is 2.61 bits per heavy atom. The lowest BCUT2D eigenvalue weighted by molar-refractivity contribution is 0.495. The molecule has 1 atom stereocenters. The van der Waals surface area contributed by atoms with Crippen LogP contribution < -0.4 is 21.9 Å². The van der Waals surface area contributed by atoms with Crippen molar-refractivity contribution in [3.63, 3.8) is 0 Å². The number of nitrogens with zero attached hydrogens (tertiary/aromatic N) is 5. The fourth-order valence-electron chi connectivity index (χ4n) is 3.98. The van der Waals surface area contributed by atoms with E-state index in [4.69, 9.17) is 10.7 Å². The molecule has 0 saturated carbocycles. The fourth-order valence-corrected chi connectivity index (χ4v) is 3.98. The van der Waals surface area contributed by atoms with Crippen molar-refractivity contribution in [1.82, 2.24) is 18.7 Å². The molecule has 8 nitrogen and oxygen atoms in total. The average molecular weight is 426 g/mol. The van der Waals surface area contributed by atoms with Crippen LogP contribution in [0.1, 0.15) is 26.7 Å². The molecular weight excluding hydrogens is 399 g/mol. The summed E-state index contributed by atoms with van der Waals surface area (Å²) in [5.41, 5.74) is 7.39. The first-order valence-corrected chi connectivity index (χ1v) is 10.4. The van der Waals surface area contributed by atoms with Crippen molar-refractivity contribution in [2.45, 2.75) is 39.3 Å². The summed E-state index contributed by atoms with van der Waals surface area (Å²) in [6, 6.07) is 5.60. The molecule has 1 aliphatic heterocycles. The number of aromatic nitrogens is 4. The number of fused-ring (bicyclic) bond motifs is 1. The van der Waals surface area contributed by atoms with Crippen molar-refractivity contribution in [1.29, 1.82) is 0 Å². The Morgan fingerprint density at radius 1 is 1.26 bits per heavy atom. The zero-order chi connectivity index (χ0) is 22.3. The number of hydrogen-bond acceptors (Lipinski definition) is 5. The Kier molecular flexibility index (Phi) is 5.53. The number of anilines is 1. The Hall–Kier alpha value is -3.20. The second-order valence-electron chi connectivity index (χ2n) is 8.28. The van der Waals surface area contributed by atoms with Gasteiger partial charge in [0.05, 0.1) is 5.69 Å². The minimum absolute atomic E-state index is 0.0209. The molecule has 2 aromatic heterocycles. The van der Waals surface area contributed by atoms with Gasteiger partial charge in [0.2, 0.25) is 5.95 Å². The highest BCUT2D eigenvalue weighted by atomic mass is 19.1. The van der Waals surface area contributed by atoms with E-state index < -0.39 is 17.1 Å². The van der Waals surface area contributed by atoms with Crippen LogP contribution in [0.4, 0.5) is 10.3 Å². The Balaban J connectivity index is 2.05. The van der Waals surface area contributed by atoms with Gasteiger partial charge in [-0.1, -0.05) is 11.6 Å². The van der Waals surface area contributed by atoms with E-state index in [2.05, 4.69) is 4.90 Å². The maximum atomic E-state index is 13.5. The normalized spacial score (nSPS) is 16.7. The number of piperidine rings is 1. The van der Waals surface area contributed by atoms with E-state index in [0.29, 0.717) is 30.2 Å². The van der Waals surface area contributed by atoms with Gasteiger partial charge in [0, 0.05) is 32.7 Å². The molecule has 4 rings (SSSR count). The van der Waals surface area contributed by atoms with Crippen LogP contribution in [0.3, 0.4) is 0 Å². The van der Waals surface area contributed by atoms with Gasteiger partial charge in [-0.25, -0.2) is 13.8 Å². The number of halogens is 1. The summed E-state index contributed by atoms with van der Waals surface area (Å²) in [7, 11) is 1.44. The monoisotopic (exact) mass is 426 g/mol. The second-order valence-corrected chi connectivity index (χ2v) is 8.28. The molecule has 164 valence electrons. The summed E-state index contributed by atoms with van der Waals surface area (Å²) < 4.78 is 17.8. The molecule has 3 heterocycles. The molecule has 1 saturated heterocycles. The van der Waals surface area contributed by atoms with Crippen molar-refractivity contribution in [3.05, 3.63) is 62.6 Å². The molecule has 1 unspecified atom stereocenters. The Labute approximate surface area is 179 Å². The lowest BCUT2D eigenvalue weighted by Gasteiger charge is -2.31. The van der Waals surface area contributed by atoms with Gasteiger partial charge in [0.15, 0.2) is 11.2 Å². The number of rotatable bonds is 4. The van der Waals surface area contributed by atoms with Gasteiger partial charge in [-0.3, -0.25) is 9.36 Å². The molecule has 1 aliphatic rings.